The number of hydrogen-bond acceptors (Lipinski definition) is 3. The van der Waals surface area contributed by atoms with Gasteiger partial charge < -0.3 is 16.0 Å². The van der Waals surface area contributed by atoms with Gasteiger partial charge in [0.25, 0.3) is 5.91 Å². The first-order valence-corrected chi connectivity index (χ1v) is 9.55. The molecule has 3 N–H and O–H groups in total. The first-order chi connectivity index (χ1) is 13.0. The third kappa shape index (κ3) is 5.96. The van der Waals surface area contributed by atoms with Gasteiger partial charge in [0.15, 0.2) is 0 Å². The van der Waals surface area contributed by atoms with Crippen molar-refractivity contribution in [2.24, 2.45) is 5.73 Å². The monoisotopic (exact) mass is 421 g/mol. The number of carbonyl (C=O) groups excluding carboxylic acids is 2. The molecule has 1 atom stereocenters. The number of halogens is 2. The van der Waals surface area contributed by atoms with Gasteiger partial charge in [-0.25, -0.2) is 0 Å². The molecule has 1 saturated heterocycles. The summed E-state index contributed by atoms with van der Waals surface area (Å²) in [6.45, 7) is 1.25. The van der Waals surface area contributed by atoms with E-state index in [1.54, 1.807) is 29.2 Å². The first kappa shape index (κ1) is 22.2. The number of piperidine rings is 1. The van der Waals surface area contributed by atoms with Gasteiger partial charge >= 0.3 is 0 Å². The Hall–Kier alpha value is -2.08. The van der Waals surface area contributed by atoms with Crippen LogP contribution in [-0.4, -0.2) is 41.9 Å². The smallest absolute Gasteiger partial charge is 0.251 e. The summed E-state index contributed by atoms with van der Waals surface area (Å²) >= 11 is 5.89. The van der Waals surface area contributed by atoms with Gasteiger partial charge in [-0.3, -0.25) is 9.59 Å². The highest BCUT2D eigenvalue weighted by Crippen LogP contribution is 2.14. The summed E-state index contributed by atoms with van der Waals surface area (Å²) in [4.78, 5) is 27.5. The zero-order valence-electron chi connectivity index (χ0n) is 15.5. The minimum absolute atomic E-state index is 0. The average molecular weight is 422 g/mol. The van der Waals surface area contributed by atoms with Gasteiger partial charge in [0.1, 0.15) is 6.04 Å². The van der Waals surface area contributed by atoms with E-state index >= 15 is 0 Å². The second-order valence-corrected chi connectivity index (χ2v) is 7.32. The van der Waals surface area contributed by atoms with Crippen molar-refractivity contribution in [3.8, 4) is 0 Å². The maximum atomic E-state index is 13.1. The number of rotatable bonds is 5. The number of nitrogens with zero attached hydrogens (tertiary/aromatic N) is 1. The Bertz CT molecular complexity index is 776. The molecule has 1 aliphatic heterocycles. The maximum Gasteiger partial charge on any atom is 0.251 e. The quantitative estimate of drug-likeness (QED) is 0.778. The highest BCUT2D eigenvalue weighted by molar-refractivity contribution is 6.30. The molecule has 2 aromatic carbocycles. The van der Waals surface area contributed by atoms with E-state index in [1.165, 1.54) is 0 Å². The molecule has 150 valence electrons. The van der Waals surface area contributed by atoms with Gasteiger partial charge in [-0.1, -0.05) is 41.9 Å². The second-order valence-electron chi connectivity index (χ2n) is 6.89. The lowest BCUT2D eigenvalue weighted by molar-refractivity contribution is -0.134. The van der Waals surface area contributed by atoms with Crippen molar-refractivity contribution in [1.29, 1.82) is 0 Å². The summed E-state index contributed by atoms with van der Waals surface area (Å²) in [5.74, 6) is -0.345. The van der Waals surface area contributed by atoms with E-state index in [1.807, 2.05) is 30.3 Å². The van der Waals surface area contributed by atoms with Crippen LogP contribution in [0.2, 0.25) is 5.02 Å². The Morgan fingerprint density at radius 2 is 1.68 bits per heavy atom. The van der Waals surface area contributed by atoms with Crippen LogP contribution in [0.15, 0.2) is 54.6 Å². The number of nitrogens with two attached hydrogens (primary N) is 1. The molecule has 7 heteroatoms. The van der Waals surface area contributed by atoms with Gasteiger partial charge in [0.2, 0.25) is 5.91 Å². The lowest BCUT2D eigenvalue weighted by atomic mass is 10.0. The Labute approximate surface area is 176 Å². The van der Waals surface area contributed by atoms with Crippen molar-refractivity contribution in [2.75, 3.05) is 13.1 Å². The fourth-order valence-electron chi connectivity index (χ4n) is 3.23. The molecule has 2 amide bonds. The SMILES string of the molecule is Cl.NC1CCN(C(=O)C(Cc2ccccc2)NC(=O)c2ccc(Cl)cc2)CC1. The molecule has 0 aliphatic carbocycles. The molecule has 28 heavy (non-hydrogen) atoms. The number of benzene rings is 2. The Balaban J connectivity index is 0.00000280. The van der Waals surface area contributed by atoms with Gasteiger partial charge in [0, 0.05) is 36.1 Å². The number of nitrogens with one attached hydrogen (secondary N) is 1. The summed E-state index contributed by atoms with van der Waals surface area (Å²) in [6.07, 6.45) is 2.02. The Morgan fingerprint density at radius 1 is 1.07 bits per heavy atom. The lowest BCUT2D eigenvalue weighted by Crippen LogP contribution is -2.52. The fourth-order valence-corrected chi connectivity index (χ4v) is 3.36. The van der Waals surface area contributed by atoms with Crippen molar-refractivity contribution in [3.63, 3.8) is 0 Å². The molecular formula is C21H25Cl2N3O2. The van der Waals surface area contributed by atoms with Crippen LogP contribution in [0, 0.1) is 0 Å². The third-order valence-electron chi connectivity index (χ3n) is 4.84. The van der Waals surface area contributed by atoms with Crippen molar-refractivity contribution in [1.82, 2.24) is 10.2 Å². The van der Waals surface area contributed by atoms with Crippen LogP contribution in [-0.2, 0) is 11.2 Å². The molecule has 2 aromatic rings. The molecule has 1 fully saturated rings. The molecule has 0 aromatic heterocycles. The predicted molar refractivity (Wildman–Crippen MR) is 114 cm³/mol. The maximum absolute atomic E-state index is 13.1. The highest BCUT2D eigenvalue weighted by Gasteiger charge is 2.29. The van der Waals surface area contributed by atoms with Crippen LogP contribution in [0.5, 0.6) is 0 Å². The average Bonchev–Trinajstić information content (AvgIpc) is 2.69. The van der Waals surface area contributed by atoms with Crippen LogP contribution in [0.3, 0.4) is 0 Å². The van der Waals surface area contributed by atoms with Crippen LogP contribution in [0.4, 0.5) is 0 Å². The predicted octanol–water partition coefficient (Wildman–Crippen LogP) is 3.05. The van der Waals surface area contributed by atoms with Crippen LogP contribution in [0.25, 0.3) is 0 Å². The lowest BCUT2D eigenvalue weighted by Gasteiger charge is -2.33. The minimum atomic E-state index is -0.620. The topological polar surface area (TPSA) is 75.4 Å². The molecule has 1 unspecified atom stereocenters. The Kier molecular flexibility index (Phi) is 8.30. The van der Waals surface area contributed by atoms with E-state index < -0.39 is 6.04 Å². The van der Waals surface area contributed by atoms with Gasteiger partial charge in [0.05, 0.1) is 0 Å². The van der Waals surface area contributed by atoms with Crippen LogP contribution >= 0.6 is 24.0 Å². The summed E-state index contributed by atoms with van der Waals surface area (Å²) < 4.78 is 0. The molecule has 3 rings (SSSR count). The summed E-state index contributed by atoms with van der Waals surface area (Å²) in [5.41, 5.74) is 7.43. The zero-order valence-corrected chi connectivity index (χ0v) is 17.1. The largest absolute Gasteiger partial charge is 0.341 e. The molecule has 1 aliphatic rings. The second kappa shape index (κ2) is 10.5. The number of hydrogen-bond donors (Lipinski definition) is 2. The normalized spacial score (nSPS) is 15.4. The molecular weight excluding hydrogens is 397 g/mol. The first-order valence-electron chi connectivity index (χ1n) is 9.17. The van der Waals surface area contributed by atoms with Gasteiger partial charge in [-0.15, -0.1) is 12.4 Å². The molecule has 0 spiro atoms. The molecule has 5 nitrogen and oxygen atoms in total. The van der Waals surface area contributed by atoms with Gasteiger partial charge in [-0.2, -0.15) is 0 Å². The molecule has 0 radical (unpaired) electrons. The van der Waals surface area contributed by atoms with Gasteiger partial charge in [-0.05, 0) is 42.7 Å². The van der Waals surface area contributed by atoms with E-state index in [-0.39, 0.29) is 30.3 Å². The van der Waals surface area contributed by atoms with Crippen molar-refractivity contribution >= 4 is 35.8 Å². The number of amides is 2. The molecule has 0 saturated carbocycles. The van der Waals surface area contributed by atoms with E-state index in [4.69, 9.17) is 17.3 Å². The van der Waals surface area contributed by atoms with E-state index in [0.717, 1.165) is 18.4 Å². The Morgan fingerprint density at radius 3 is 2.29 bits per heavy atom. The summed E-state index contributed by atoms with van der Waals surface area (Å²) in [5, 5.41) is 3.47. The number of carbonyl (C=O) groups is 2. The summed E-state index contributed by atoms with van der Waals surface area (Å²) in [6, 6.07) is 15.9. The summed E-state index contributed by atoms with van der Waals surface area (Å²) in [7, 11) is 0. The minimum Gasteiger partial charge on any atom is -0.341 e. The third-order valence-corrected chi connectivity index (χ3v) is 5.10. The zero-order chi connectivity index (χ0) is 19.2. The van der Waals surface area contributed by atoms with Crippen molar-refractivity contribution < 1.29 is 9.59 Å². The van der Waals surface area contributed by atoms with E-state index in [0.29, 0.717) is 30.1 Å². The van der Waals surface area contributed by atoms with Crippen molar-refractivity contribution in [3.05, 3.63) is 70.7 Å². The molecule has 1 heterocycles. The standard InChI is InChI=1S/C21H24ClN3O2.ClH/c22-17-8-6-16(7-9-17)20(26)24-19(14-15-4-2-1-3-5-15)21(27)25-12-10-18(23)11-13-25;/h1-9,18-19H,10-14,23H2,(H,24,26);1H. The van der Waals surface area contributed by atoms with E-state index in [9.17, 15) is 9.59 Å². The fraction of sp³-hybridized carbons (Fsp3) is 0.333. The van der Waals surface area contributed by atoms with Crippen LogP contribution in [0.1, 0.15) is 28.8 Å². The van der Waals surface area contributed by atoms with E-state index in [2.05, 4.69) is 5.32 Å². The van der Waals surface area contributed by atoms with Crippen molar-refractivity contribution in [2.45, 2.75) is 31.3 Å². The highest BCUT2D eigenvalue weighted by atomic mass is 35.5. The number of likely N-dealkylation sites (tertiary alicyclic amines) is 1. The van der Waals surface area contributed by atoms with Crippen LogP contribution < -0.4 is 11.1 Å². The molecule has 0 bridgehead atoms.